The summed E-state index contributed by atoms with van der Waals surface area (Å²) in [5.41, 5.74) is 1.65. The average Bonchev–Trinajstić information content (AvgIpc) is 3.08. The topological polar surface area (TPSA) is 104 Å². The Morgan fingerprint density at radius 3 is 2.08 bits per heavy atom. The molecule has 0 radical (unpaired) electrons. The molecule has 0 saturated heterocycles. The van der Waals surface area contributed by atoms with Gasteiger partial charge in [0.15, 0.2) is 0 Å². The minimum absolute atomic E-state index is 0.0319. The summed E-state index contributed by atoms with van der Waals surface area (Å²) < 4.78 is 26.7. The minimum Gasteiger partial charge on any atom is -0.355 e. The summed E-state index contributed by atoms with van der Waals surface area (Å²) in [6.45, 7) is 1.52. The van der Waals surface area contributed by atoms with Crippen molar-refractivity contribution in [3.05, 3.63) is 102 Å². The van der Waals surface area contributed by atoms with Crippen LogP contribution in [-0.4, -0.2) is 54.5 Å². The highest BCUT2D eigenvalue weighted by atomic mass is 32.2. The van der Waals surface area contributed by atoms with Gasteiger partial charge in [-0.1, -0.05) is 72.8 Å². The van der Waals surface area contributed by atoms with Crippen molar-refractivity contribution in [1.82, 2.24) is 14.5 Å². The zero-order valence-corrected chi connectivity index (χ0v) is 20.6. The molecule has 0 fully saturated rings. The zero-order valence-electron chi connectivity index (χ0n) is 19.8. The van der Waals surface area contributed by atoms with Gasteiger partial charge in [-0.3, -0.25) is 14.4 Å². The number of rotatable bonds is 9. The zero-order chi connectivity index (χ0) is 25.7. The second-order valence-corrected chi connectivity index (χ2v) is 10.3. The molecule has 3 aromatic carbocycles. The Hall–Kier alpha value is -3.98. The molecule has 0 bridgehead atoms. The van der Waals surface area contributed by atoms with Gasteiger partial charge in [0.25, 0.3) is 15.9 Å². The summed E-state index contributed by atoms with van der Waals surface area (Å²) in [6.07, 6.45) is 0.228. The van der Waals surface area contributed by atoms with Crippen LogP contribution in [0.5, 0.6) is 0 Å². The van der Waals surface area contributed by atoms with Gasteiger partial charge in [0.1, 0.15) is 17.5 Å². The van der Waals surface area contributed by atoms with Crippen molar-refractivity contribution in [1.29, 1.82) is 0 Å². The van der Waals surface area contributed by atoms with Gasteiger partial charge in [0, 0.05) is 19.5 Å². The highest BCUT2D eigenvalue weighted by Gasteiger charge is 2.43. The second-order valence-electron chi connectivity index (χ2n) is 8.42. The van der Waals surface area contributed by atoms with Crippen LogP contribution in [-0.2, 0) is 32.6 Å². The fourth-order valence-corrected chi connectivity index (χ4v) is 5.75. The van der Waals surface area contributed by atoms with Crippen molar-refractivity contribution in [2.45, 2.75) is 30.8 Å². The molecular weight excluding hydrogens is 478 g/mol. The van der Waals surface area contributed by atoms with Gasteiger partial charge in [-0.05, 0) is 30.2 Å². The molecule has 1 heterocycles. The molecule has 1 atom stereocenters. The standard InChI is InChI=1S/C27H27N3O5S/c1-2-28-26(32)23(17-20-11-5-3-6-12-20)29(18-21-13-7-4-8-14-21)25(31)19-30-27(33)22-15-9-10-16-24(22)36(30,34)35/h3-16,23H,2,17-19H2,1H3,(H,28,32)/t23-/m1/s1. The summed E-state index contributed by atoms with van der Waals surface area (Å²) in [4.78, 5) is 41.1. The predicted molar refractivity (Wildman–Crippen MR) is 134 cm³/mol. The molecule has 9 heteroatoms. The van der Waals surface area contributed by atoms with E-state index in [0.717, 1.165) is 11.1 Å². The number of hydrogen-bond acceptors (Lipinski definition) is 5. The number of nitrogens with one attached hydrogen (secondary N) is 1. The predicted octanol–water partition coefficient (Wildman–Crippen LogP) is 2.61. The number of carbonyl (C=O) groups is 3. The number of nitrogens with zero attached hydrogens (tertiary/aromatic N) is 2. The number of amides is 3. The van der Waals surface area contributed by atoms with Gasteiger partial charge >= 0.3 is 0 Å². The van der Waals surface area contributed by atoms with E-state index in [1.165, 1.54) is 23.1 Å². The van der Waals surface area contributed by atoms with E-state index in [1.54, 1.807) is 13.0 Å². The molecule has 186 valence electrons. The number of sulfonamides is 1. The molecule has 0 aromatic heterocycles. The van der Waals surface area contributed by atoms with Crippen LogP contribution in [0.15, 0.2) is 89.8 Å². The van der Waals surface area contributed by atoms with Gasteiger partial charge in [-0.2, -0.15) is 0 Å². The second kappa shape index (κ2) is 10.7. The van der Waals surface area contributed by atoms with Crippen LogP contribution in [0, 0.1) is 0 Å². The molecule has 0 unspecified atom stereocenters. The van der Waals surface area contributed by atoms with E-state index in [1.807, 2.05) is 60.7 Å². The fraction of sp³-hybridized carbons (Fsp3) is 0.222. The summed E-state index contributed by atoms with van der Waals surface area (Å²) in [5, 5.41) is 2.79. The third-order valence-corrected chi connectivity index (χ3v) is 7.80. The number of hydrogen-bond donors (Lipinski definition) is 1. The lowest BCUT2D eigenvalue weighted by Gasteiger charge is -2.32. The van der Waals surface area contributed by atoms with Gasteiger partial charge in [-0.25, -0.2) is 12.7 Å². The molecule has 0 aliphatic carbocycles. The highest BCUT2D eigenvalue weighted by Crippen LogP contribution is 2.30. The van der Waals surface area contributed by atoms with Gasteiger partial charge in [0.2, 0.25) is 11.8 Å². The molecule has 4 rings (SSSR count). The highest BCUT2D eigenvalue weighted by molar-refractivity contribution is 7.90. The maximum absolute atomic E-state index is 13.7. The van der Waals surface area contributed by atoms with E-state index in [4.69, 9.17) is 0 Å². The summed E-state index contributed by atoms with van der Waals surface area (Å²) >= 11 is 0. The van der Waals surface area contributed by atoms with E-state index in [2.05, 4.69) is 5.32 Å². The van der Waals surface area contributed by atoms with E-state index >= 15 is 0 Å². The van der Waals surface area contributed by atoms with Crippen molar-refractivity contribution in [2.75, 3.05) is 13.1 Å². The molecule has 0 spiro atoms. The Balaban J connectivity index is 1.69. The third-order valence-electron chi connectivity index (χ3n) is 6.01. The van der Waals surface area contributed by atoms with Crippen LogP contribution >= 0.6 is 0 Å². The summed E-state index contributed by atoms with van der Waals surface area (Å²) in [5.74, 6) is -1.75. The lowest BCUT2D eigenvalue weighted by molar-refractivity contribution is -0.141. The van der Waals surface area contributed by atoms with Crippen LogP contribution in [0.4, 0.5) is 0 Å². The van der Waals surface area contributed by atoms with E-state index in [0.29, 0.717) is 10.8 Å². The van der Waals surface area contributed by atoms with Gasteiger partial charge in [0.05, 0.1) is 5.56 Å². The Kier molecular flexibility index (Phi) is 7.49. The largest absolute Gasteiger partial charge is 0.355 e. The van der Waals surface area contributed by atoms with Crippen molar-refractivity contribution >= 4 is 27.7 Å². The minimum atomic E-state index is -4.18. The Bertz CT molecular complexity index is 1360. The first kappa shape index (κ1) is 25.1. The van der Waals surface area contributed by atoms with Crippen molar-refractivity contribution < 1.29 is 22.8 Å². The number of benzene rings is 3. The molecule has 0 saturated carbocycles. The van der Waals surface area contributed by atoms with Crippen molar-refractivity contribution in [2.24, 2.45) is 0 Å². The summed E-state index contributed by atoms with van der Waals surface area (Å²) in [7, 11) is -4.18. The number of carbonyl (C=O) groups excluding carboxylic acids is 3. The normalized spacial score (nSPS) is 14.7. The van der Waals surface area contributed by atoms with Gasteiger partial charge < -0.3 is 10.2 Å². The number of likely N-dealkylation sites (N-methyl/N-ethyl adjacent to an activating group) is 1. The fourth-order valence-electron chi connectivity index (χ4n) is 4.23. The molecule has 1 N–H and O–H groups in total. The number of fused-ring (bicyclic) bond motifs is 1. The first-order valence-corrected chi connectivity index (χ1v) is 13.1. The molecule has 1 aliphatic heterocycles. The van der Waals surface area contributed by atoms with E-state index < -0.39 is 34.4 Å². The van der Waals surface area contributed by atoms with Crippen molar-refractivity contribution in [3.8, 4) is 0 Å². The molecule has 1 aliphatic rings. The maximum Gasteiger partial charge on any atom is 0.269 e. The van der Waals surface area contributed by atoms with Crippen LogP contribution in [0.1, 0.15) is 28.4 Å². The quantitative estimate of drug-likeness (QED) is 0.482. The maximum atomic E-state index is 13.7. The Labute approximate surface area is 210 Å². The third kappa shape index (κ3) is 5.16. The smallest absolute Gasteiger partial charge is 0.269 e. The SMILES string of the molecule is CCNC(=O)[C@@H](Cc1ccccc1)N(Cc1ccccc1)C(=O)CN1C(=O)c2ccccc2S1(=O)=O. The molecule has 3 aromatic rings. The summed E-state index contributed by atoms with van der Waals surface area (Å²) in [6, 6.07) is 23.4. The van der Waals surface area contributed by atoms with Gasteiger partial charge in [-0.15, -0.1) is 0 Å². The average molecular weight is 506 g/mol. The van der Waals surface area contributed by atoms with E-state index in [-0.39, 0.29) is 29.3 Å². The van der Waals surface area contributed by atoms with Crippen LogP contribution in [0.3, 0.4) is 0 Å². The monoisotopic (exact) mass is 505 g/mol. The molecule has 36 heavy (non-hydrogen) atoms. The Morgan fingerprint density at radius 2 is 1.47 bits per heavy atom. The van der Waals surface area contributed by atoms with E-state index in [9.17, 15) is 22.8 Å². The molecular formula is C27H27N3O5S. The van der Waals surface area contributed by atoms with Crippen LogP contribution in [0.2, 0.25) is 0 Å². The molecule has 3 amide bonds. The lowest BCUT2D eigenvalue weighted by Crippen LogP contribution is -2.53. The lowest BCUT2D eigenvalue weighted by atomic mass is 10.0. The van der Waals surface area contributed by atoms with Crippen LogP contribution < -0.4 is 5.32 Å². The Morgan fingerprint density at radius 1 is 0.889 bits per heavy atom. The first-order valence-electron chi connectivity index (χ1n) is 11.6. The molecule has 8 nitrogen and oxygen atoms in total. The van der Waals surface area contributed by atoms with Crippen LogP contribution in [0.25, 0.3) is 0 Å². The van der Waals surface area contributed by atoms with Crippen molar-refractivity contribution in [3.63, 3.8) is 0 Å². The first-order chi connectivity index (χ1) is 17.3.